The van der Waals surface area contributed by atoms with Crippen molar-refractivity contribution in [2.45, 2.75) is 38.6 Å². The number of carbonyl (C=O) groups excluding carboxylic acids is 1. The van der Waals surface area contributed by atoms with Crippen molar-refractivity contribution in [2.75, 3.05) is 17.2 Å². The van der Waals surface area contributed by atoms with Crippen molar-refractivity contribution in [2.24, 2.45) is 5.92 Å². The third-order valence-corrected chi connectivity index (χ3v) is 6.69. The van der Waals surface area contributed by atoms with Crippen LogP contribution in [0.5, 0.6) is 5.75 Å². The summed E-state index contributed by atoms with van der Waals surface area (Å²) in [5.41, 5.74) is 4.55. The number of carbonyl (C=O) groups is 1. The Bertz CT molecular complexity index is 1330. The van der Waals surface area contributed by atoms with Crippen molar-refractivity contribution in [1.29, 1.82) is 0 Å². The fraction of sp³-hybridized carbons (Fsp3) is 0.276. The van der Waals surface area contributed by atoms with E-state index in [-0.39, 0.29) is 22.3 Å². The molecule has 0 bridgehead atoms. The molecule has 2 N–H and O–H groups in total. The third kappa shape index (κ3) is 4.69. The van der Waals surface area contributed by atoms with Gasteiger partial charge < -0.3 is 15.4 Å². The molecule has 2 atom stereocenters. The van der Waals surface area contributed by atoms with E-state index in [1.165, 1.54) is 6.07 Å². The van der Waals surface area contributed by atoms with Crippen LogP contribution in [-0.4, -0.2) is 17.3 Å². The van der Waals surface area contributed by atoms with Gasteiger partial charge in [0.2, 0.25) is 0 Å². The first-order valence-corrected chi connectivity index (χ1v) is 12.3. The lowest BCUT2D eigenvalue weighted by Crippen LogP contribution is -2.27. The number of hydrogen-bond donors (Lipinski definition) is 2. The minimum absolute atomic E-state index is 0.000398. The summed E-state index contributed by atoms with van der Waals surface area (Å²) in [5, 5.41) is 18.7. The van der Waals surface area contributed by atoms with E-state index in [2.05, 4.69) is 24.5 Å². The van der Waals surface area contributed by atoms with Gasteiger partial charge in [0, 0.05) is 23.8 Å². The second-order valence-electron chi connectivity index (χ2n) is 9.76. The Balaban J connectivity index is 1.52. The molecule has 2 aliphatic rings. The second-order valence-corrected chi connectivity index (χ2v) is 9.76. The number of fused-ring (bicyclic) bond motifs is 1. The number of rotatable bonds is 6. The normalized spacial score (nSPS) is 19.0. The lowest BCUT2D eigenvalue weighted by molar-refractivity contribution is -0.385. The highest BCUT2D eigenvalue weighted by molar-refractivity contribution is 6.01. The third-order valence-electron chi connectivity index (χ3n) is 6.69. The number of allylic oxidation sites excluding steroid dienone is 1. The molecule has 1 aliphatic carbocycles. The molecule has 1 heterocycles. The van der Waals surface area contributed by atoms with Gasteiger partial charge in [0.05, 0.1) is 34.5 Å². The summed E-state index contributed by atoms with van der Waals surface area (Å²) in [4.78, 5) is 25.1. The number of anilines is 2. The van der Waals surface area contributed by atoms with Crippen molar-refractivity contribution in [3.05, 3.63) is 105 Å². The van der Waals surface area contributed by atoms with E-state index in [1.807, 2.05) is 48.5 Å². The van der Waals surface area contributed by atoms with Gasteiger partial charge >= 0.3 is 0 Å². The average Bonchev–Trinajstić information content (AvgIpc) is 3.04. The Kier molecular flexibility index (Phi) is 6.46. The van der Waals surface area contributed by atoms with Crippen LogP contribution in [0.25, 0.3) is 0 Å². The monoisotopic (exact) mass is 483 g/mol. The van der Waals surface area contributed by atoms with E-state index in [0.29, 0.717) is 36.5 Å². The molecule has 3 aromatic rings. The highest BCUT2D eigenvalue weighted by Gasteiger charge is 2.38. The maximum atomic E-state index is 13.7. The lowest BCUT2D eigenvalue weighted by Gasteiger charge is -2.29. The van der Waals surface area contributed by atoms with Gasteiger partial charge in [-0.05, 0) is 54.2 Å². The van der Waals surface area contributed by atoms with Gasteiger partial charge in [0.15, 0.2) is 5.78 Å². The van der Waals surface area contributed by atoms with Crippen molar-refractivity contribution in [1.82, 2.24) is 0 Å². The Labute approximate surface area is 210 Å². The van der Waals surface area contributed by atoms with Crippen molar-refractivity contribution in [3.8, 4) is 5.75 Å². The van der Waals surface area contributed by atoms with Crippen LogP contribution in [0.15, 0.2) is 84.1 Å². The van der Waals surface area contributed by atoms with E-state index in [1.54, 1.807) is 18.2 Å². The summed E-state index contributed by atoms with van der Waals surface area (Å²) in [7, 11) is 0. The number of hydrogen-bond acceptors (Lipinski definition) is 6. The van der Waals surface area contributed by atoms with Crippen molar-refractivity contribution in [3.63, 3.8) is 0 Å². The molecule has 0 saturated carbocycles. The van der Waals surface area contributed by atoms with E-state index in [9.17, 15) is 14.9 Å². The topological polar surface area (TPSA) is 93.5 Å². The van der Waals surface area contributed by atoms with Crippen LogP contribution in [0.4, 0.5) is 17.1 Å². The molecule has 36 heavy (non-hydrogen) atoms. The van der Waals surface area contributed by atoms with Gasteiger partial charge in [-0.25, -0.2) is 0 Å². The molecule has 7 nitrogen and oxygen atoms in total. The van der Waals surface area contributed by atoms with Crippen molar-refractivity contribution >= 4 is 22.8 Å². The minimum Gasteiger partial charge on any atom is -0.493 e. The first kappa shape index (κ1) is 23.6. The number of nitro groups is 1. The molecule has 184 valence electrons. The molecule has 7 heteroatoms. The fourth-order valence-electron chi connectivity index (χ4n) is 4.96. The largest absolute Gasteiger partial charge is 0.493 e. The molecule has 1 aliphatic heterocycles. The maximum absolute atomic E-state index is 13.7. The molecular formula is C29H29N3O4. The zero-order chi connectivity index (χ0) is 25.2. The predicted molar refractivity (Wildman–Crippen MR) is 140 cm³/mol. The standard InChI is InChI=1S/C29H29N3O4/c1-18(2)17-36-21-13-11-19(12-14-21)20-15-25-28(27(33)16-20)29(22-7-3-6-10-26(22)32(34)35)31-24-9-5-4-8-23(24)30-25/h3-14,18,20,29-31H,15-17H2,1-2H3. The Morgan fingerprint density at radius 2 is 1.67 bits per heavy atom. The predicted octanol–water partition coefficient (Wildman–Crippen LogP) is 6.61. The zero-order valence-electron chi connectivity index (χ0n) is 20.4. The second kappa shape index (κ2) is 9.85. The first-order valence-electron chi connectivity index (χ1n) is 12.3. The molecule has 0 fully saturated rings. The van der Waals surface area contributed by atoms with E-state index in [4.69, 9.17) is 4.74 Å². The number of nitrogens with one attached hydrogen (secondary N) is 2. The van der Waals surface area contributed by atoms with Gasteiger partial charge in [-0.1, -0.05) is 50.2 Å². The highest BCUT2D eigenvalue weighted by Crippen LogP contribution is 2.45. The number of para-hydroxylation sites is 3. The summed E-state index contributed by atoms with van der Waals surface area (Å²) in [5.74, 6) is 1.24. The smallest absolute Gasteiger partial charge is 0.275 e. The van der Waals surface area contributed by atoms with Crippen LogP contribution < -0.4 is 15.4 Å². The number of ketones is 1. The molecule has 5 rings (SSSR count). The summed E-state index contributed by atoms with van der Waals surface area (Å²) in [6, 6.07) is 21.7. The molecule has 2 unspecified atom stereocenters. The quantitative estimate of drug-likeness (QED) is 0.303. The molecular weight excluding hydrogens is 454 g/mol. The van der Waals surface area contributed by atoms with E-state index >= 15 is 0 Å². The van der Waals surface area contributed by atoms with E-state index < -0.39 is 6.04 Å². The van der Waals surface area contributed by atoms with Crippen LogP contribution in [0.3, 0.4) is 0 Å². The Hall–Kier alpha value is -4.13. The molecule has 0 saturated heterocycles. The fourth-order valence-corrected chi connectivity index (χ4v) is 4.96. The van der Waals surface area contributed by atoms with Gasteiger partial charge in [-0.15, -0.1) is 0 Å². The van der Waals surface area contributed by atoms with Crippen LogP contribution in [0.1, 0.15) is 49.8 Å². The number of Topliss-reactive ketones (excluding diaryl/α,β-unsaturated/α-hetero) is 1. The summed E-state index contributed by atoms with van der Waals surface area (Å²) >= 11 is 0. The zero-order valence-corrected chi connectivity index (χ0v) is 20.4. The first-order chi connectivity index (χ1) is 17.4. The number of benzene rings is 3. The molecule has 0 spiro atoms. The lowest BCUT2D eigenvalue weighted by atomic mass is 9.78. The molecule has 3 aromatic carbocycles. The van der Waals surface area contributed by atoms with Crippen LogP contribution in [0.2, 0.25) is 0 Å². The van der Waals surface area contributed by atoms with Crippen LogP contribution >= 0.6 is 0 Å². The number of nitro benzene ring substituents is 1. The number of ether oxygens (including phenoxy) is 1. The maximum Gasteiger partial charge on any atom is 0.275 e. The summed E-state index contributed by atoms with van der Waals surface area (Å²) in [6.45, 7) is 4.87. The Morgan fingerprint density at radius 1 is 0.972 bits per heavy atom. The molecule has 0 aromatic heterocycles. The van der Waals surface area contributed by atoms with Crippen LogP contribution in [0, 0.1) is 16.0 Å². The average molecular weight is 484 g/mol. The van der Waals surface area contributed by atoms with Crippen molar-refractivity contribution < 1.29 is 14.5 Å². The SMILES string of the molecule is CC(C)COc1ccc(C2CC(=O)C3=C(C2)Nc2ccccc2NC3c2ccccc2[N+](=O)[O-])cc1. The minimum atomic E-state index is -0.627. The van der Waals surface area contributed by atoms with Gasteiger partial charge in [-0.3, -0.25) is 14.9 Å². The van der Waals surface area contributed by atoms with Crippen LogP contribution in [-0.2, 0) is 4.79 Å². The highest BCUT2D eigenvalue weighted by atomic mass is 16.6. The number of nitrogens with zero attached hydrogens (tertiary/aromatic N) is 1. The Morgan fingerprint density at radius 3 is 2.39 bits per heavy atom. The van der Waals surface area contributed by atoms with E-state index in [0.717, 1.165) is 28.4 Å². The molecule has 0 radical (unpaired) electrons. The molecule has 0 amide bonds. The van der Waals surface area contributed by atoms with Gasteiger partial charge in [-0.2, -0.15) is 0 Å². The summed E-state index contributed by atoms with van der Waals surface area (Å²) in [6.07, 6.45) is 0.961. The summed E-state index contributed by atoms with van der Waals surface area (Å²) < 4.78 is 5.81. The van der Waals surface area contributed by atoms with Gasteiger partial charge in [0.1, 0.15) is 5.75 Å². The van der Waals surface area contributed by atoms with Gasteiger partial charge in [0.25, 0.3) is 5.69 Å².